The minimum Gasteiger partial charge on any atom is -0.394 e. The molecular formula is C11H15N5O4. The normalized spacial score (nSPS) is 25.4. The monoisotopic (exact) mass is 281 g/mol. The van der Waals surface area contributed by atoms with Gasteiger partial charge < -0.3 is 9.84 Å². The topological polar surface area (TPSA) is 133 Å². The number of hydrogen-bond acceptors (Lipinski definition) is 5. The van der Waals surface area contributed by atoms with Gasteiger partial charge in [-0.25, -0.2) is 4.79 Å². The van der Waals surface area contributed by atoms with Crippen molar-refractivity contribution < 1.29 is 9.84 Å². The average Bonchev–Trinajstić information content (AvgIpc) is 2.78. The summed E-state index contributed by atoms with van der Waals surface area (Å²) in [4.78, 5) is 27.9. The summed E-state index contributed by atoms with van der Waals surface area (Å²) in [5, 5.41) is 12.7. The molecule has 0 saturated carbocycles. The minimum atomic E-state index is -0.560. The summed E-state index contributed by atoms with van der Waals surface area (Å²) in [5.74, 6) is 0. The second kappa shape index (κ2) is 5.91. The Morgan fingerprint density at radius 1 is 1.65 bits per heavy atom. The van der Waals surface area contributed by atoms with Crippen molar-refractivity contribution in [2.75, 3.05) is 6.61 Å². The van der Waals surface area contributed by atoms with Crippen molar-refractivity contribution in [3.63, 3.8) is 0 Å². The molecule has 2 rings (SSSR count). The van der Waals surface area contributed by atoms with E-state index in [2.05, 4.69) is 15.0 Å². The molecule has 2 heterocycles. The first-order valence-electron chi connectivity index (χ1n) is 6.16. The average molecular weight is 281 g/mol. The van der Waals surface area contributed by atoms with E-state index in [1.54, 1.807) is 6.92 Å². The van der Waals surface area contributed by atoms with Crippen LogP contribution in [-0.4, -0.2) is 39.5 Å². The molecule has 0 amide bonds. The molecule has 1 fully saturated rings. The zero-order valence-electron chi connectivity index (χ0n) is 10.9. The van der Waals surface area contributed by atoms with E-state index in [0.717, 1.165) is 0 Å². The number of nitrogens with one attached hydrogen (secondary N) is 1. The van der Waals surface area contributed by atoms with Crippen LogP contribution in [0.15, 0.2) is 20.9 Å². The molecule has 9 heteroatoms. The fourth-order valence-electron chi connectivity index (χ4n) is 2.26. The van der Waals surface area contributed by atoms with Crippen LogP contribution in [0, 0.1) is 6.92 Å². The van der Waals surface area contributed by atoms with Gasteiger partial charge in [0.25, 0.3) is 5.56 Å². The third-order valence-corrected chi connectivity index (χ3v) is 3.27. The summed E-state index contributed by atoms with van der Waals surface area (Å²) >= 11 is 0. The predicted octanol–water partition coefficient (Wildman–Crippen LogP) is -0.326. The lowest BCUT2D eigenvalue weighted by Gasteiger charge is -2.13. The number of H-pyrrole nitrogens is 1. The Labute approximate surface area is 113 Å². The standard InChI is InChI=1S/C11H15N5O4/c1-6-3-16(11(19)13-10(6)18)4-7-2-8(14-15-12)9(5-17)20-7/h3,7-9,17H,2,4-5H2,1H3,(H,13,18,19)/t7-,8+,9-/m1/s1. The number of aromatic amines is 1. The summed E-state index contributed by atoms with van der Waals surface area (Å²) < 4.78 is 6.88. The van der Waals surface area contributed by atoms with Gasteiger partial charge in [0.15, 0.2) is 0 Å². The van der Waals surface area contributed by atoms with E-state index in [0.29, 0.717) is 12.0 Å². The number of aliphatic hydroxyl groups excluding tert-OH is 1. The lowest BCUT2D eigenvalue weighted by molar-refractivity contribution is 0.00102. The smallest absolute Gasteiger partial charge is 0.328 e. The van der Waals surface area contributed by atoms with E-state index in [1.807, 2.05) is 0 Å². The lowest BCUT2D eigenvalue weighted by atomic mass is 10.1. The minimum absolute atomic E-state index is 0.227. The van der Waals surface area contributed by atoms with Crippen LogP contribution in [0.3, 0.4) is 0 Å². The van der Waals surface area contributed by atoms with Gasteiger partial charge in [0.05, 0.1) is 31.4 Å². The second-order valence-electron chi connectivity index (χ2n) is 4.71. The zero-order chi connectivity index (χ0) is 14.7. The highest BCUT2D eigenvalue weighted by Gasteiger charge is 2.34. The van der Waals surface area contributed by atoms with Crippen molar-refractivity contribution in [2.45, 2.75) is 38.1 Å². The maximum atomic E-state index is 11.7. The van der Waals surface area contributed by atoms with E-state index < -0.39 is 23.4 Å². The highest BCUT2D eigenvalue weighted by Crippen LogP contribution is 2.24. The molecule has 1 aliphatic heterocycles. The van der Waals surface area contributed by atoms with E-state index in [-0.39, 0.29) is 19.3 Å². The molecule has 0 spiro atoms. The number of aromatic nitrogens is 2. The van der Waals surface area contributed by atoms with Crippen LogP contribution in [-0.2, 0) is 11.3 Å². The fourth-order valence-corrected chi connectivity index (χ4v) is 2.26. The summed E-state index contributed by atoms with van der Waals surface area (Å²) in [6, 6.07) is -0.449. The molecule has 0 radical (unpaired) electrons. The lowest BCUT2D eigenvalue weighted by Crippen LogP contribution is -2.34. The first kappa shape index (κ1) is 14.3. The van der Waals surface area contributed by atoms with Gasteiger partial charge in [-0.2, -0.15) is 0 Å². The molecule has 1 aromatic rings. The first-order chi connectivity index (χ1) is 9.55. The van der Waals surface area contributed by atoms with Crippen molar-refractivity contribution in [3.05, 3.63) is 43.0 Å². The van der Waals surface area contributed by atoms with E-state index in [1.165, 1.54) is 10.8 Å². The van der Waals surface area contributed by atoms with Crippen LogP contribution in [0.1, 0.15) is 12.0 Å². The largest absolute Gasteiger partial charge is 0.394 e. The molecule has 1 aliphatic rings. The number of aryl methyl sites for hydroxylation is 1. The number of aliphatic hydroxyl groups is 1. The third-order valence-electron chi connectivity index (χ3n) is 3.27. The molecule has 1 saturated heterocycles. The van der Waals surface area contributed by atoms with E-state index in [9.17, 15) is 9.59 Å². The van der Waals surface area contributed by atoms with Gasteiger partial charge in [0.2, 0.25) is 0 Å². The number of ether oxygens (including phenoxy) is 1. The molecule has 0 aliphatic carbocycles. The van der Waals surface area contributed by atoms with Crippen LogP contribution in [0.5, 0.6) is 0 Å². The predicted molar refractivity (Wildman–Crippen MR) is 69.4 cm³/mol. The first-order valence-corrected chi connectivity index (χ1v) is 6.16. The molecule has 0 unspecified atom stereocenters. The van der Waals surface area contributed by atoms with Gasteiger partial charge in [-0.15, -0.1) is 0 Å². The SMILES string of the molecule is Cc1cn(C[C@H]2C[C@H](N=[N+]=[N-])[C@@H](CO)O2)c(=O)[nH]c1=O. The van der Waals surface area contributed by atoms with Gasteiger partial charge in [-0.3, -0.25) is 14.3 Å². The zero-order valence-corrected chi connectivity index (χ0v) is 10.9. The van der Waals surface area contributed by atoms with Gasteiger partial charge in [0, 0.05) is 16.7 Å². The van der Waals surface area contributed by atoms with Crippen molar-refractivity contribution in [2.24, 2.45) is 5.11 Å². The molecule has 108 valence electrons. The number of azide groups is 1. The summed E-state index contributed by atoms with van der Waals surface area (Å²) in [7, 11) is 0. The highest BCUT2D eigenvalue weighted by molar-refractivity contribution is 5.01. The van der Waals surface area contributed by atoms with Gasteiger partial charge in [-0.05, 0) is 18.9 Å². The van der Waals surface area contributed by atoms with Crippen molar-refractivity contribution in [1.29, 1.82) is 0 Å². The van der Waals surface area contributed by atoms with Crippen molar-refractivity contribution in [3.8, 4) is 0 Å². The summed E-state index contributed by atoms with van der Waals surface area (Å²) in [6.07, 6.45) is 0.959. The van der Waals surface area contributed by atoms with Crippen LogP contribution in [0.4, 0.5) is 0 Å². The van der Waals surface area contributed by atoms with Gasteiger partial charge in [0.1, 0.15) is 0 Å². The molecular weight excluding hydrogens is 266 g/mol. The molecule has 2 N–H and O–H groups in total. The molecule has 9 nitrogen and oxygen atoms in total. The maximum absolute atomic E-state index is 11.7. The quantitative estimate of drug-likeness (QED) is 0.444. The van der Waals surface area contributed by atoms with E-state index >= 15 is 0 Å². The Bertz CT molecular complexity index is 645. The fraction of sp³-hybridized carbons (Fsp3) is 0.636. The second-order valence-corrected chi connectivity index (χ2v) is 4.71. The Morgan fingerprint density at radius 3 is 3.05 bits per heavy atom. The van der Waals surface area contributed by atoms with Gasteiger partial charge in [-0.1, -0.05) is 5.11 Å². The number of rotatable bonds is 4. The number of hydrogen-bond donors (Lipinski definition) is 2. The van der Waals surface area contributed by atoms with E-state index in [4.69, 9.17) is 15.4 Å². The van der Waals surface area contributed by atoms with Gasteiger partial charge >= 0.3 is 5.69 Å². The molecule has 20 heavy (non-hydrogen) atoms. The third kappa shape index (κ3) is 2.90. The van der Waals surface area contributed by atoms with Crippen molar-refractivity contribution >= 4 is 0 Å². The Hall–Kier alpha value is -2.09. The molecule has 0 bridgehead atoms. The molecule has 3 atom stereocenters. The molecule has 0 aromatic carbocycles. The Kier molecular flexibility index (Phi) is 4.23. The van der Waals surface area contributed by atoms with Crippen molar-refractivity contribution in [1.82, 2.24) is 9.55 Å². The van der Waals surface area contributed by atoms with Crippen LogP contribution in [0.2, 0.25) is 0 Å². The molecule has 1 aromatic heterocycles. The summed E-state index contributed by atoms with van der Waals surface area (Å²) in [5.41, 5.74) is 7.94. The van der Waals surface area contributed by atoms with Crippen LogP contribution in [0.25, 0.3) is 10.4 Å². The Balaban J connectivity index is 2.16. The van der Waals surface area contributed by atoms with Crippen LogP contribution < -0.4 is 11.2 Å². The maximum Gasteiger partial charge on any atom is 0.328 e. The number of nitrogens with zero attached hydrogens (tertiary/aromatic N) is 4. The Morgan fingerprint density at radius 2 is 2.40 bits per heavy atom. The highest BCUT2D eigenvalue weighted by atomic mass is 16.5. The van der Waals surface area contributed by atoms with Crippen LogP contribution >= 0.6 is 0 Å². The summed E-state index contributed by atoms with van der Waals surface area (Å²) in [6.45, 7) is 1.58.